The lowest BCUT2D eigenvalue weighted by Gasteiger charge is -2.29. The van der Waals surface area contributed by atoms with Crippen LogP contribution >= 0.6 is 31.9 Å². The Kier molecular flexibility index (Phi) is 5.11. The van der Waals surface area contributed by atoms with Gasteiger partial charge in [-0.2, -0.15) is 0 Å². The maximum Gasteiger partial charge on any atom is 0.244 e. The van der Waals surface area contributed by atoms with Crippen LogP contribution in [0.3, 0.4) is 0 Å². The summed E-state index contributed by atoms with van der Waals surface area (Å²) in [6.07, 6.45) is 1.22. The Labute approximate surface area is 157 Å². The van der Waals surface area contributed by atoms with Gasteiger partial charge in [0.15, 0.2) is 0 Å². The molecule has 0 bridgehead atoms. The molecule has 0 aromatic heterocycles. The highest BCUT2D eigenvalue weighted by Gasteiger charge is 2.52. The van der Waals surface area contributed by atoms with Gasteiger partial charge in [-0.25, -0.2) is 0 Å². The van der Waals surface area contributed by atoms with Crippen LogP contribution in [0.4, 0.5) is 5.69 Å². The predicted molar refractivity (Wildman–Crippen MR) is 98.2 cm³/mol. The Bertz CT molecular complexity index is 666. The van der Waals surface area contributed by atoms with Gasteiger partial charge < -0.3 is 5.32 Å². The van der Waals surface area contributed by atoms with E-state index in [0.29, 0.717) is 18.5 Å². The molecule has 1 aromatic carbocycles. The zero-order valence-electron chi connectivity index (χ0n) is 13.2. The highest BCUT2D eigenvalue weighted by Crippen LogP contribution is 2.43. The molecule has 1 aliphatic carbocycles. The predicted octanol–water partition coefficient (Wildman–Crippen LogP) is 2.86. The van der Waals surface area contributed by atoms with Crippen LogP contribution in [-0.2, 0) is 14.4 Å². The number of anilines is 1. The van der Waals surface area contributed by atoms with Crippen LogP contribution in [0.5, 0.6) is 0 Å². The number of alkyl halides is 2. The minimum Gasteiger partial charge on any atom is -0.325 e. The minimum absolute atomic E-state index is 0.163. The number of nitrogens with zero attached hydrogens (tertiary/aromatic N) is 1. The summed E-state index contributed by atoms with van der Waals surface area (Å²) in [7, 11) is 0. The second kappa shape index (κ2) is 6.96. The van der Waals surface area contributed by atoms with E-state index in [2.05, 4.69) is 37.2 Å². The van der Waals surface area contributed by atoms with Gasteiger partial charge in [0.2, 0.25) is 17.7 Å². The van der Waals surface area contributed by atoms with Gasteiger partial charge in [-0.3, -0.25) is 19.3 Å². The number of aryl methyl sites for hydroxylation is 1. The number of fused-ring (bicyclic) bond motifs is 1. The van der Waals surface area contributed by atoms with Crippen molar-refractivity contribution in [3.63, 3.8) is 0 Å². The molecule has 0 unspecified atom stereocenters. The van der Waals surface area contributed by atoms with Gasteiger partial charge in [0.1, 0.15) is 6.54 Å². The molecular formula is C17H18Br2N2O3. The van der Waals surface area contributed by atoms with E-state index < -0.39 is 0 Å². The minimum atomic E-state index is -0.355. The standard InChI is InChI=1S/C17H18Br2N2O3/c1-9-3-2-4-10(5-9)20-15(22)8-21-16(23)11-6-13(18)14(19)7-12(11)17(21)24/h2-5,11-14H,6-8H2,1H3,(H,20,22)/t11-,12-,13-,14+/m1/s1. The van der Waals surface area contributed by atoms with Crippen molar-refractivity contribution in [2.75, 3.05) is 11.9 Å². The summed E-state index contributed by atoms with van der Waals surface area (Å²) < 4.78 is 0. The summed E-state index contributed by atoms with van der Waals surface area (Å²) in [6.45, 7) is 1.71. The van der Waals surface area contributed by atoms with Gasteiger partial charge in [-0.1, -0.05) is 44.0 Å². The summed E-state index contributed by atoms with van der Waals surface area (Å²) >= 11 is 7.10. The third kappa shape index (κ3) is 3.42. The first-order chi connectivity index (χ1) is 11.4. The lowest BCUT2D eigenvalue weighted by Crippen LogP contribution is -2.38. The first-order valence-electron chi connectivity index (χ1n) is 7.86. The third-order valence-electron chi connectivity index (χ3n) is 4.61. The van der Waals surface area contributed by atoms with Crippen molar-refractivity contribution < 1.29 is 14.4 Å². The van der Waals surface area contributed by atoms with E-state index >= 15 is 0 Å². The number of amides is 3. The average molecular weight is 458 g/mol. The Morgan fingerprint density at radius 2 is 1.75 bits per heavy atom. The number of likely N-dealkylation sites (tertiary alicyclic amines) is 1. The van der Waals surface area contributed by atoms with E-state index in [-0.39, 0.29) is 45.8 Å². The van der Waals surface area contributed by atoms with E-state index in [4.69, 9.17) is 0 Å². The number of carbonyl (C=O) groups is 3. The normalized spacial score (nSPS) is 29.5. The van der Waals surface area contributed by atoms with Gasteiger partial charge >= 0.3 is 0 Å². The SMILES string of the molecule is Cc1cccc(NC(=O)CN2C(=O)[C@@H]3C[C@@H](Br)[C@@H](Br)C[C@H]3C2=O)c1. The Balaban J connectivity index is 1.68. The molecule has 1 N–H and O–H groups in total. The Hall–Kier alpha value is -1.21. The lowest BCUT2D eigenvalue weighted by molar-refractivity contribution is -0.142. The molecule has 0 radical (unpaired) electrons. The van der Waals surface area contributed by atoms with Crippen LogP contribution in [0.25, 0.3) is 0 Å². The highest BCUT2D eigenvalue weighted by molar-refractivity contribution is 9.12. The number of carbonyl (C=O) groups excluding carboxylic acids is 3. The quantitative estimate of drug-likeness (QED) is 0.560. The maximum absolute atomic E-state index is 12.5. The Morgan fingerprint density at radius 3 is 2.29 bits per heavy atom. The molecule has 1 saturated heterocycles. The van der Waals surface area contributed by atoms with Crippen molar-refractivity contribution >= 4 is 55.3 Å². The molecule has 2 fully saturated rings. The largest absolute Gasteiger partial charge is 0.325 e. The lowest BCUT2D eigenvalue weighted by atomic mass is 9.81. The van der Waals surface area contributed by atoms with E-state index in [1.54, 1.807) is 6.07 Å². The van der Waals surface area contributed by atoms with Gasteiger partial charge in [-0.05, 0) is 37.5 Å². The first kappa shape index (κ1) is 17.6. The van der Waals surface area contributed by atoms with Crippen LogP contribution < -0.4 is 5.32 Å². The molecule has 7 heteroatoms. The molecule has 1 aromatic rings. The van der Waals surface area contributed by atoms with Crippen LogP contribution in [0, 0.1) is 18.8 Å². The van der Waals surface area contributed by atoms with E-state index in [9.17, 15) is 14.4 Å². The zero-order chi connectivity index (χ0) is 17.4. The fourth-order valence-corrected chi connectivity index (χ4v) is 4.62. The van der Waals surface area contributed by atoms with E-state index in [1.807, 2.05) is 25.1 Å². The van der Waals surface area contributed by atoms with Crippen molar-refractivity contribution in [1.29, 1.82) is 0 Å². The van der Waals surface area contributed by atoms with Gasteiger partial charge in [0.05, 0.1) is 11.8 Å². The number of halogens is 2. The van der Waals surface area contributed by atoms with Crippen LogP contribution in [0.2, 0.25) is 0 Å². The molecule has 4 atom stereocenters. The number of hydrogen-bond acceptors (Lipinski definition) is 3. The smallest absolute Gasteiger partial charge is 0.244 e. The summed E-state index contributed by atoms with van der Waals surface area (Å²) in [4.78, 5) is 38.7. The van der Waals surface area contributed by atoms with Crippen molar-refractivity contribution in [2.24, 2.45) is 11.8 Å². The van der Waals surface area contributed by atoms with E-state index in [0.717, 1.165) is 10.5 Å². The van der Waals surface area contributed by atoms with Crippen LogP contribution in [-0.4, -0.2) is 38.8 Å². The molecule has 128 valence electrons. The van der Waals surface area contributed by atoms with Crippen LogP contribution in [0.1, 0.15) is 18.4 Å². The summed E-state index contributed by atoms with van der Waals surface area (Å²) in [6, 6.07) is 7.40. The number of nitrogens with one attached hydrogen (secondary N) is 1. The topological polar surface area (TPSA) is 66.5 Å². The second-order valence-electron chi connectivity index (χ2n) is 6.40. The first-order valence-corrected chi connectivity index (χ1v) is 9.70. The number of imide groups is 1. The van der Waals surface area contributed by atoms with Gasteiger partial charge in [0, 0.05) is 15.3 Å². The fourth-order valence-electron chi connectivity index (χ4n) is 3.39. The molecule has 1 saturated carbocycles. The molecule has 5 nitrogen and oxygen atoms in total. The summed E-state index contributed by atoms with van der Waals surface area (Å²) in [5.41, 5.74) is 1.69. The fraction of sp³-hybridized carbons (Fsp3) is 0.471. The summed E-state index contributed by atoms with van der Waals surface area (Å²) in [5, 5.41) is 2.75. The molecule has 2 aliphatic rings. The number of rotatable bonds is 3. The van der Waals surface area contributed by atoms with Crippen LogP contribution in [0.15, 0.2) is 24.3 Å². The summed E-state index contributed by atoms with van der Waals surface area (Å²) in [5.74, 6) is -1.45. The monoisotopic (exact) mass is 456 g/mol. The molecule has 0 spiro atoms. The number of benzene rings is 1. The second-order valence-corrected chi connectivity index (χ2v) is 8.75. The third-order valence-corrected chi connectivity index (χ3v) is 7.34. The zero-order valence-corrected chi connectivity index (χ0v) is 16.3. The van der Waals surface area contributed by atoms with Crippen molar-refractivity contribution in [2.45, 2.75) is 29.4 Å². The van der Waals surface area contributed by atoms with E-state index in [1.165, 1.54) is 0 Å². The molecule has 24 heavy (non-hydrogen) atoms. The van der Waals surface area contributed by atoms with Crippen molar-refractivity contribution in [3.8, 4) is 0 Å². The number of hydrogen-bond donors (Lipinski definition) is 1. The molecule has 3 rings (SSSR count). The molecule has 3 amide bonds. The molecule has 1 aliphatic heterocycles. The van der Waals surface area contributed by atoms with Gasteiger partial charge in [-0.15, -0.1) is 0 Å². The molecule has 1 heterocycles. The average Bonchev–Trinajstić information content (AvgIpc) is 2.73. The highest BCUT2D eigenvalue weighted by atomic mass is 79.9. The molecular weight excluding hydrogens is 440 g/mol. The maximum atomic E-state index is 12.5. The van der Waals surface area contributed by atoms with Crippen molar-refractivity contribution in [3.05, 3.63) is 29.8 Å². The Morgan fingerprint density at radius 1 is 1.17 bits per heavy atom. The van der Waals surface area contributed by atoms with Gasteiger partial charge in [0.25, 0.3) is 0 Å². The van der Waals surface area contributed by atoms with Crippen molar-refractivity contribution in [1.82, 2.24) is 4.90 Å².